The predicted octanol–water partition coefficient (Wildman–Crippen LogP) is 3.56. The van der Waals surface area contributed by atoms with Crippen molar-refractivity contribution in [3.63, 3.8) is 0 Å². The van der Waals surface area contributed by atoms with Crippen LogP contribution < -0.4 is 0 Å². The fourth-order valence-electron chi connectivity index (χ4n) is 2.49. The average Bonchev–Trinajstić information content (AvgIpc) is 2.81. The van der Waals surface area contributed by atoms with Crippen molar-refractivity contribution in [2.24, 2.45) is 0 Å². The Morgan fingerprint density at radius 2 is 1.94 bits per heavy atom. The van der Waals surface area contributed by atoms with Crippen LogP contribution in [0, 0.1) is 0 Å². The smallest absolute Gasteiger partial charge is 0.270 e. The molecule has 0 saturated carbocycles. The van der Waals surface area contributed by atoms with Gasteiger partial charge in [-0.3, -0.25) is 4.79 Å². The lowest BCUT2D eigenvalue weighted by Gasteiger charge is -2.26. The number of fused-ring (bicyclic) bond motifs is 1. The summed E-state index contributed by atoms with van der Waals surface area (Å²) in [6.45, 7) is 1.77. The van der Waals surface area contributed by atoms with Gasteiger partial charge in [-0.15, -0.1) is 0 Å². The zero-order valence-electron chi connectivity index (χ0n) is 10.1. The molecule has 0 radical (unpaired) electrons. The Balaban J connectivity index is 1.91. The summed E-state index contributed by atoms with van der Waals surface area (Å²) >= 11 is 3.45. The number of piperidine rings is 1. The van der Waals surface area contributed by atoms with Crippen LogP contribution in [0.2, 0.25) is 0 Å². The van der Waals surface area contributed by atoms with Gasteiger partial charge < -0.3 is 9.88 Å². The van der Waals surface area contributed by atoms with Gasteiger partial charge >= 0.3 is 0 Å². The number of H-pyrrole nitrogens is 1. The molecule has 18 heavy (non-hydrogen) atoms. The molecule has 0 unspecified atom stereocenters. The summed E-state index contributed by atoms with van der Waals surface area (Å²) in [6.07, 6.45) is 3.48. The molecule has 1 N–H and O–H groups in total. The molecule has 1 aromatic heterocycles. The van der Waals surface area contributed by atoms with Gasteiger partial charge in [0.15, 0.2) is 0 Å². The van der Waals surface area contributed by atoms with Crippen LogP contribution >= 0.6 is 15.9 Å². The number of nitrogens with one attached hydrogen (secondary N) is 1. The molecule has 1 aromatic carbocycles. The highest BCUT2D eigenvalue weighted by Gasteiger charge is 2.19. The minimum Gasteiger partial charge on any atom is -0.351 e. The second-order valence-electron chi connectivity index (χ2n) is 4.77. The van der Waals surface area contributed by atoms with Crippen molar-refractivity contribution < 1.29 is 4.79 Å². The molecule has 1 aliphatic rings. The SMILES string of the molecule is O=C(c1cc2cc(Br)ccc2[nH]1)N1CCCCC1. The van der Waals surface area contributed by atoms with Crippen molar-refractivity contribution in [2.45, 2.75) is 19.3 Å². The quantitative estimate of drug-likeness (QED) is 0.859. The summed E-state index contributed by atoms with van der Waals surface area (Å²) in [5, 5.41) is 1.07. The third-order valence-corrected chi connectivity index (χ3v) is 3.95. The maximum atomic E-state index is 12.3. The molecule has 1 aliphatic heterocycles. The third kappa shape index (κ3) is 2.17. The Morgan fingerprint density at radius 3 is 2.72 bits per heavy atom. The third-order valence-electron chi connectivity index (χ3n) is 3.46. The van der Waals surface area contributed by atoms with Crippen LogP contribution in [0.25, 0.3) is 10.9 Å². The Hall–Kier alpha value is -1.29. The van der Waals surface area contributed by atoms with Crippen LogP contribution in [0.5, 0.6) is 0 Å². The molecule has 0 bridgehead atoms. The highest BCUT2D eigenvalue weighted by atomic mass is 79.9. The van der Waals surface area contributed by atoms with Gasteiger partial charge in [-0.2, -0.15) is 0 Å². The number of hydrogen-bond donors (Lipinski definition) is 1. The van der Waals surface area contributed by atoms with Gasteiger partial charge in [-0.25, -0.2) is 0 Å². The second kappa shape index (κ2) is 4.76. The number of hydrogen-bond acceptors (Lipinski definition) is 1. The highest BCUT2D eigenvalue weighted by Crippen LogP contribution is 2.22. The lowest BCUT2D eigenvalue weighted by Crippen LogP contribution is -2.35. The Morgan fingerprint density at radius 1 is 1.17 bits per heavy atom. The summed E-state index contributed by atoms with van der Waals surface area (Å²) in [5.74, 6) is 0.127. The number of carbonyl (C=O) groups is 1. The van der Waals surface area contributed by atoms with E-state index in [1.54, 1.807) is 0 Å². The van der Waals surface area contributed by atoms with Gasteiger partial charge in [0.1, 0.15) is 5.69 Å². The predicted molar refractivity (Wildman–Crippen MR) is 75.8 cm³/mol. The fourth-order valence-corrected chi connectivity index (χ4v) is 2.86. The lowest BCUT2D eigenvalue weighted by molar-refractivity contribution is 0.0719. The Bertz CT molecular complexity index is 584. The van der Waals surface area contributed by atoms with E-state index in [9.17, 15) is 4.79 Å². The molecule has 1 amide bonds. The highest BCUT2D eigenvalue weighted by molar-refractivity contribution is 9.10. The van der Waals surface area contributed by atoms with Gasteiger partial charge in [0.05, 0.1) is 0 Å². The zero-order valence-corrected chi connectivity index (χ0v) is 11.7. The minimum atomic E-state index is 0.127. The first kappa shape index (κ1) is 11.8. The number of aromatic amines is 1. The van der Waals surface area contributed by atoms with Crippen LogP contribution in [0.15, 0.2) is 28.7 Å². The standard InChI is InChI=1S/C14H15BrN2O/c15-11-4-5-12-10(8-11)9-13(16-12)14(18)17-6-2-1-3-7-17/h4-5,8-9,16H,1-3,6-7H2. The normalized spacial score (nSPS) is 16.2. The number of amides is 1. The molecule has 0 aliphatic carbocycles. The largest absolute Gasteiger partial charge is 0.351 e. The molecule has 1 saturated heterocycles. The van der Waals surface area contributed by atoms with Gasteiger partial charge in [-0.1, -0.05) is 15.9 Å². The van der Waals surface area contributed by atoms with Gasteiger partial charge in [-0.05, 0) is 43.5 Å². The number of nitrogens with zero attached hydrogens (tertiary/aromatic N) is 1. The number of aromatic nitrogens is 1. The summed E-state index contributed by atoms with van der Waals surface area (Å²) in [6, 6.07) is 7.94. The summed E-state index contributed by atoms with van der Waals surface area (Å²) < 4.78 is 1.03. The van der Waals surface area contributed by atoms with Crippen molar-refractivity contribution in [2.75, 3.05) is 13.1 Å². The van der Waals surface area contributed by atoms with Crippen LogP contribution in [-0.4, -0.2) is 28.9 Å². The Kier molecular flexibility index (Phi) is 3.12. The minimum absolute atomic E-state index is 0.127. The van der Waals surface area contributed by atoms with E-state index in [1.807, 2.05) is 29.2 Å². The van der Waals surface area contributed by atoms with Crippen LogP contribution in [0.1, 0.15) is 29.8 Å². The first-order chi connectivity index (χ1) is 8.74. The molecule has 2 aromatic rings. The van der Waals surface area contributed by atoms with Gasteiger partial charge in [0.25, 0.3) is 5.91 Å². The van der Waals surface area contributed by atoms with Gasteiger partial charge in [0, 0.05) is 28.5 Å². The van der Waals surface area contributed by atoms with Crippen LogP contribution in [-0.2, 0) is 0 Å². The second-order valence-corrected chi connectivity index (χ2v) is 5.68. The van der Waals surface area contributed by atoms with E-state index in [0.717, 1.165) is 41.3 Å². The summed E-state index contributed by atoms with van der Waals surface area (Å²) in [7, 11) is 0. The van der Waals surface area contributed by atoms with Crippen molar-refractivity contribution in [1.82, 2.24) is 9.88 Å². The van der Waals surface area contributed by atoms with E-state index < -0.39 is 0 Å². The maximum absolute atomic E-state index is 12.3. The summed E-state index contributed by atoms with van der Waals surface area (Å²) in [4.78, 5) is 17.5. The van der Waals surface area contributed by atoms with E-state index >= 15 is 0 Å². The maximum Gasteiger partial charge on any atom is 0.270 e. The molecule has 1 fully saturated rings. The van der Waals surface area contributed by atoms with E-state index in [1.165, 1.54) is 6.42 Å². The van der Waals surface area contributed by atoms with Gasteiger partial charge in [0.2, 0.25) is 0 Å². The van der Waals surface area contributed by atoms with Crippen LogP contribution in [0.4, 0.5) is 0 Å². The Labute approximate surface area is 114 Å². The molecule has 3 rings (SSSR count). The molecule has 4 heteroatoms. The van der Waals surface area contributed by atoms with Crippen molar-refractivity contribution in [3.05, 3.63) is 34.4 Å². The van der Waals surface area contributed by atoms with Crippen molar-refractivity contribution in [1.29, 1.82) is 0 Å². The average molecular weight is 307 g/mol. The molecular formula is C14H15BrN2O. The summed E-state index contributed by atoms with van der Waals surface area (Å²) in [5.41, 5.74) is 1.71. The van der Waals surface area contributed by atoms with E-state index in [-0.39, 0.29) is 5.91 Å². The van der Waals surface area contributed by atoms with Crippen molar-refractivity contribution in [3.8, 4) is 0 Å². The number of benzene rings is 1. The monoisotopic (exact) mass is 306 g/mol. The molecule has 94 valence electrons. The molecule has 3 nitrogen and oxygen atoms in total. The molecule has 2 heterocycles. The van der Waals surface area contributed by atoms with E-state index in [0.29, 0.717) is 5.69 Å². The number of likely N-dealkylation sites (tertiary alicyclic amines) is 1. The number of halogens is 1. The molecule has 0 spiro atoms. The fraction of sp³-hybridized carbons (Fsp3) is 0.357. The topological polar surface area (TPSA) is 36.1 Å². The van der Waals surface area contributed by atoms with Crippen LogP contribution in [0.3, 0.4) is 0 Å². The zero-order chi connectivity index (χ0) is 12.5. The van der Waals surface area contributed by atoms with E-state index in [4.69, 9.17) is 0 Å². The number of carbonyl (C=O) groups excluding carboxylic acids is 1. The molecule has 0 atom stereocenters. The lowest BCUT2D eigenvalue weighted by atomic mass is 10.1. The first-order valence-corrected chi connectivity index (χ1v) is 7.11. The first-order valence-electron chi connectivity index (χ1n) is 6.31. The number of rotatable bonds is 1. The van der Waals surface area contributed by atoms with E-state index in [2.05, 4.69) is 20.9 Å². The van der Waals surface area contributed by atoms with Crippen molar-refractivity contribution >= 4 is 32.7 Å². The molecular weight excluding hydrogens is 292 g/mol.